The van der Waals surface area contributed by atoms with Crippen LogP contribution in [0.3, 0.4) is 0 Å². The number of sulfonamides is 2. The first-order valence-corrected chi connectivity index (χ1v) is 11.3. The third-order valence-corrected chi connectivity index (χ3v) is 5.54. The molecule has 0 aliphatic heterocycles. The zero-order chi connectivity index (χ0) is 23.4. The van der Waals surface area contributed by atoms with E-state index in [-0.39, 0.29) is 31.1 Å². The Morgan fingerprint density at radius 3 is 1.39 bits per heavy atom. The molecule has 0 aromatic heterocycles. The molecule has 2 rings (SSSR count). The summed E-state index contributed by atoms with van der Waals surface area (Å²) in [5.41, 5.74) is -1.22. The average molecular weight is 476 g/mol. The van der Waals surface area contributed by atoms with Crippen LogP contribution in [-0.2, 0) is 20.0 Å². The summed E-state index contributed by atoms with van der Waals surface area (Å²) in [5, 5.41) is 32.1. The number of ether oxygens (including phenoxy) is 2. The first-order valence-electron chi connectivity index (χ1n) is 8.19. The lowest BCUT2D eigenvalue weighted by molar-refractivity contribution is -0.386. The summed E-state index contributed by atoms with van der Waals surface area (Å²) in [5.74, 6) is -0.415. The summed E-state index contributed by atoms with van der Waals surface area (Å²) in [6.45, 7) is -0.225. The van der Waals surface area contributed by atoms with Crippen molar-refractivity contribution in [2.45, 2.75) is 16.2 Å². The highest BCUT2D eigenvalue weighted by atomic mass is 32.2. The van der Waals surface area contributed by atoms with Gasteiger partial charge < -0.3 is 9.47 Å². The van der Waals surface area contributed by atoms with E-state index in [1.54, 1.807) is 0 Å². The van der Waals surface area contributed by atoms with E-state index in [0.29, 0.717) is 0 Å². The van der Waals surface area contributed by atoms with Crippen molar-refractivity contribution < 1.29 is 36.2 Å². The van der Waals surface area contributed by atoms with Crippen LogP contribution in [0.5, 0.6) is 11.5 Å². The predicted octanol–water partition coefficient (Wildman–Crippen LogP) is 0.646. The number of benzene rings is 2. The minimum absolute atomic E-state index is 0.112. The molecule has 31 heavy (non-hydrogen) atoms. The standard InChI is InChI=1S/C15H16N4O10S2/c16-30(24,25)10-2-4-14(12(8-10)18(20)21)28-6-1-7-29-15-5-3-11(31(17,26)27)9-13(15)19(22)23/h2-5,8-9H,1,6-7H2,(H2,16,24,25)(H2,17,26,27). The number of primary sulfonamides is 2. The van der Waals surface area contributed by atoms with Gasteiger partial charge in [-0.3, -0.25) is 20.2 Å². The molecule has 0 aliphatic rings. The van der Waals surface area contributed by atoms with Crippen LogP contribution in [0.25, 0.3) is 0 Å². The Balaban J connectivity index is 2.03. The van der Waals surface area contributed by atoms with Crippen LogP contribution in [0.15, 0.2) is 46.2 Å². The summed E-state index contributed by atoms with van der Waals surface area (Å²) in [6, 6.07) is 5.77. The predicted molar refractivity (Wildman–Crippen MR) is 105 cm³/mol. The van der Waals surface area contributed by atoms with Gasteiger partial charge in [-0.25, -0.2) is 27.1 Å². The van der Waals surface area contributed by atoms with Crippen molar-refractivity contribution >= 4 is 31.4 Å². The molecule has 4 N–H and O–H groups in total. The van der Waals surface area contributed by atoms with Gasteiger partial charge >= 0.3 is 11.4 Å². The van der Waals surface area contributed by atoms with Crippen LogP contribution in [0.1, 0.15) is 6.42 Å². The second-order valence-electron chi connectivity index (χ2n) is 5.91. The molecule has 0 aliphatic carbocycles. The molecular weight excluding hydrogens is 460 g/mol. The molecule has 0 amide bonds. The highest BCUT2D eigenvalue weighted by molar-refractivity contribution is 7.89. The van der Waals surface area contributed by atoms with Crippen molar-refractivity contribution in [1.29, 1.82) is 0 Å². The SMILES string of the molecule is NS(=O)(=O)c1ccc(OCCCOc2ccc(S(N)(=O)=O)cc2[N+](=O)[O-])c([N+](=O)[O-])c1. The van der Waals surface area contributed by atoms with Crippen molar-refractivity contribution in [3.8, 4) is 11.5 Å². The zero-order valence-electron chi connectivity index (χ0n) is 15.5. The van der Waals surface area contributed by atoms with E-state index < -0.39 is 51.1 Å². The Hall–Kier alpha value is -3.34. The molecule has 2 aromatic rings. The van der Waals surface area contributed by atoms with Crippen molar-refractivity contribution in [2.24, 2.45) is 10.3 Å². The summed E-state index contributed by atoms with van der Waals surface area (Å²) in [4.78, 5) is 19.7. The number of nitro groups is 2. The highest BCUT2D eigenvalue weighted by Gasteiger charge is 2.21. The van der Waals surface area contributed by atoms with E-state index in [4.69, 9.17) is 19.8 Å². The van der Waals surface area contributed by atoms with Crippen LogP contribution in [-0.4, -0.2) is 39.9 Å². The molecule has 168 valence electrons. The first-order chi connectivity index (χ1) is 14.3. The Morgan fingerprint density at radius 2 is 1.10 bits per heavy atom. The van der Waals surface area contributed by atoms with Crippen LogP contribution in [0.2, 0.25) is 0 Å². The molecule has 0 bridgehead atoms. The van der Waals surface area contributed by atoms with Crippen molar-refractivity contribution in [2.75, 3.05) is 13.2 Å². The van der Waals surface area contributed by atoms with Crippen molar-refractivity contribution in [3.63, 3.8) is 0 Å². The number of nitrogens with zero attached hydrogens (tertiary/aromatic N) is 2. The first kappa shape index (κ1) is 23.9. The minimum Gasteiger partial charge on any atom is -0.487 e. The van der Waals surface area contributed by atoms with Crippen LogP contribution in [0.4, 0.5) is 11.4 Å². The van der Waals surface area contributed by atoms with Gasteiger partial charge in [-0.15, -0.1) is 0 Å². The lowest BCUT2D eigenvalue weighted by Crippen LogP contribution is -2.13. The van der Waals surface area contributed by atoms with Gasteiger partial charge in [-0.2, -0.15) is 0 Å². The number of nitro benzene ring substituents is 2. The fraction of sp³-hybridized carbons (Fsp3) is 0.200. The molecule has 0 atom stereocenters. The van der Waals surface area contributed by atoms with Crippen molar-refractivity contribution in [3.05, 3.63) is 56.6 Å². The Labute approximate surface area is 175 Å². The topological polar surface area (TPSA) is 225 Å². The summed E-state index contributed by atoms with van der Waals surface area (Å²) >= 11 is 0. The van der Waals surface area contributed by atoms with Crippen LogP contribution >= 0.6 is 0 Å². The van der Waals surface area contributed by atoms with Gasteiger partial charge in [-0.05, 0) is 24.3 Å². The minimum atomic E-state index is -4.14. The lowest BCUT2D eigenvalue weighted by atomic mass is 10.3. The van der Waals surface area contributed by atoms with Gasteiger partial charge in [0.2, 0.25) is 20.0 Å². The Bertz CT molecular complexity index is 1130. The number of rotatable bonds is 10. The quantitative estimate of drug-likeness (QED) is 0.276. The fourth-order valence-electron chi connectivity index (χ4n) is 2.30. The second-order valence-corrected chi connectivity index (χ2v) is 9.04. The molecule has 0 spiro atoms. The monoisotopic (exact) mass is 476 g/mol. The van der Waals surface area contributed by atoms with Gasteiger partial charge in [-0.1, -0.05) is 0 Å². The largest absolute Gasteiger partial charge is 0.487 e. The second kappa shape index (κ2) is 9.21. The molecule has 0 saturated heterocycles. The number of hydrogen-bond donors (Lipinski definition) is 2. The molecule has 2 aromatic carbocycles. The average Bonchev–Trinajstić information content (AvgIpc) is 2.66. The maximum absolute atomic E-state index is 11.3. The van der Waals surface area contributed by atoms with E-state index in [2.05, 4.69) is 0 Å². The van der Waals surface area contributed by atoms with Gasteiger partial charge in [0.05, 0.1) is 32.9 Å². The maximum Gasteiger partial charge on any atom is 0.312 e. The normalized spacial score (nSPS) is 11.7. The Kier molecular flexibility index (Phi) is 7.11. The smallest absolute Gasteiger partial charge is 0.312 e. The van der Waals surface area contributed by atoms with Gasteiger partial charge in [0.15, 0.2) is 11.5 Å². The van der Waals surface area contributed by atoms with Crippen molar-refractivity contribution in [1.82, 2.24) is 0 Å². The molecular formula is C15H16N4O10S2. The molecule has 14 nitrogen and oxygen atoms in total. The maximum atomic E-state index is 11.3. The summed E-state index contributed by atoms with van der Waals surface area (Å²) < 4.78 is 55.8. The Morgan fingerprint density at radius 1 is 0.742 bits per heavy atom. The molecule has 16 heteroatoms. The fourth-order valence-corrected chi connectivity index (χ4v) is 3.37. The van der Waals surface area contributed by atoms with E-state index >= 15 is 0 Å². The van der Waals surface area contributed by atoms with E-state index in [9.17, 15) is 37.1 Å². The molecule has 0 radical (unpaired) electrons. The summed E-state index contributed by atoms with van der Waals surface area (Å²) in [6.07, 6.45) is 0.127. The molecule has 0 heterocycles. The van der Waals surface area contributed by atoms with Crippen LogP contribution < -0.4 is 19.8 Å². The summed E-state index contributed by atoms with van der Waals surface area (Å²) in [7, 11) is -8.28. The molecule has 0 fully saturated rings. The third-order valence-electron chi connectivity index (χ3n) is 3.72. The lowest BCUT2D eigenvalue weighted by Gasteiger charge is -2.10. The van der Waals surface area contributed by atoms with Gasteiger partial charge in [0.1, 0.15) is 0 Å². The highest BCUT2D eigenvalue weighted by Crippen LogP contribution is 2.31. The van der Waals surface area contributed by atoms with E-state index in [1.807, 2.05) is 0 Å². The molecule has 0 saturated carbocycles. The zero-order valence-corrected chi connectivity index (χ0v) is 17.2. The molecule has 0 unspecified atom stereocenters. The van der Waals surface area contributed by atoms with E-state index in [1.165, 1.54) is 0 Å². The third kappa shape index (κ3) is 6.32. The number of hydrogen-bond acceptors (Lipinski definition) is 10. The number of nitrogens with two attached hydrogens (primary N) is 2. The van der Waals surface area contributed by atoms with E-state index in [0.717, 1.165) is 36.4 Å². The van der Waals surface area contributed by atoms with Crippen LogP contribution in [0, 0.1) is 20.2 Å². The van der Waals surface area contributed by atoms with Gasteiger partial charge in [0.25, 0.3) is 0 Å². The van der Waals surface area contributed by atoms with Gasteiger partial charge in [0, 0.05) is 18.6 Å².